The van der Waals surface area contributed by atoms with Crippen LogP contribution in [-0.4, -0.2) is 9.97 Å². The van der Waals surface area contributed by atoms with Gasteiger partial charge in [-0.3, -0.25) is 4.98 Å². The molecule has 0 radical (unpaired) electrons. The molecule has 4 nitrogen and oxygen atoms in total. The van der Waals surface area contributed by atoms with Gasteiger partial charge in [0.05, 0.1) is 11.7 Å². The quantitative estimate of drug-likeness (QED) is 0.917. The summed E-state index contributed by atoms with van der Waals surface area (Å²) in [6.45, 7) is 0.815. The van der Waals surface area contributed by atoms with Crippen LogP contribution in [0.1, 0.15) is 43.0 Å². The fourth-order valence-corrected chi connectivity index (χ4v) is 2.38. The Labute approximate surface area is 115 Å². The highest BCUT2D eigenvalue weighted by atomic mass is 19.3. The SMILES string of the molecule is CC(F)(F)c1cc(-c2nc3c(o2)CCCC3N)ccn1. The number of hydrogen-bond donors (Lipinski definition) is 1. The largest absolute Gasteiger partial charge is 0.441 e. The van der Waals surface area contributed by atoms with Gasteiger partial charge >= 0.3 is 0 Å². The van der Waals surface area contributed by atoms with Crippen molar-refractivity contribution in [1.29, 1.82) is 0 Å². The Hall–Kier alpha value is -1.82. The van der Waals surface area contributed by atoms with Crippen LogP contribution >= 0.6 is 0 Å². The van der Waals surface area contributed by atoms with Crippen molar-refractivity contribution in [3.05, 3.63) is 35.5 Å². The molecule has 1 unspecified atom stereocenters. The van der Waals surface area contributed by atoms with Gasteiger partial charge in [0, 0.05) is 25.1 Å². The zero-order valence-electron chi connectivity index (χ0n) is 11.1. The molecule has 3 rings (SSSR count). The van der Waals surface area contributed by atoms with E-state index in [0.717, 1.165) is 37.6 Å². The van der Waals surface area contributed by atoms with E-state index in [1.807, 2.05) is 0 Å². The number of oxazole rings is 1. The van der Waals surface area contributed by atoms with E-state index in [1.165, 1.54) is 12.3 Å². The molecule has 2 aromatic heterocycles. The van der Waals surface area contributed by atoms with Crippen LogP contribution in [-0.2, 0) is 12.3 Å². The van der Waals surface area contributed by atoms with E-state index in [4.69, 9.17) is 10.2 Å². The lowest BCUT2D eigenvalue weighted by Crippen LogP contribution is -2.16. The first-order valence-corrected chi connectivity index (χ1v) is 6.55. The number of aryl methyl sites for hydroxylation is 1. The number of alkyl halides is 2. The Balaban J connectivity index is 2.02. The molecule has 0 fully saturated rings. The number of fused-ring (bicyclic) bond motifs is 1. The molecule has 0 bridgehead atoms. The maximum atomic E-state index is 13.3. The summed E-state index contributed by atoms with van der Waals surface area (Å²) in [7, 11) is 0. The van der Waals surface area contributed by atoms with Crippen molar-refractivity contribution >= 4 is 0 Å². The maximum absolute atomic E-state index is 13.3. The maximum Gasteiger partial charge on any atom is 0.286 e. The van der Waals surface area contributed by atoms with E-state index >= 15 is 0 Å². The first-order chi connectivity index (χ1) is 9.45. The average molecular weight is 279 g/mol. The molecule has 2 heterocycles. The van der Waals surface area contributed by atoms with Gasteiger partial charge in [0.2, 0.25) is 5.89 Å². The predicted octanol–water partition coefficient (Wildman–Crippen LogP) is 3.18. The smallest absolute Gasteiger partial charge is 0.286 e. The van der Waals surface area contributed by atoms with Gasteiger partial charge in [-0.25, -0.2) is 4.98 Å². The lowest BCUT2D eigenvalue weighted by Gasteiger charge is -2.14. The number of rotatable bonds is 2. The Bertz CT molecular complexity index is 634. The van der Waals surface area contributed by atoms with Gasteiger partial charge < -0.3 is 10.2 Å². The predicted molar refractivity (Wildman–Crippen MR) is 69.2 cm³/mol. The highest BCUT2D eigenvalue weighted by Gasteiger charge is 2.28. The van der Waals surface area contributed by atoms with Crippen molar-refractivity contribution in [3.63, 3.8) is 0 Å². The minimum Gasteiger partial charge on any atom is -0.441 e. The molecule has 0 saturated heterocycles. The Kier molecular flexibility index (Phi) is 3.05. The van der Waals surface area contributed by atoms with Gasteiger partial charge in [-0.15, -0.1) is 0 Å². The van der Waals surface area contributed by atoms with Crippen LogP contribution in [0.3, 0.4) is 0 Å². The summed E-state index contributed by atoms with van der Waals surface area (Å²) in [5.41, 5.74) is 6.93. The molecule has 20 heavy (non-hydrogen) atoms. The third-order valence-electron chi connectivity index (χ3n) is 3.45. The second-order valence-corrected chi connectivity index (χ2v) is 5.14. The molecular formula is C14H15F2N3O. The third-order valence-corrected chi connectivity index (χ3v) is 3.45. The van der Waals surface area contributed by atoms with E-state index in [1.54, 1.807) is 6.07 Å². The van der Waals surface area contributed by atoms with Crippen molar-refractivity contribution in [2.45, 2.75) is 38.2 Å². The first kappa shape index (κ1) is 13.2. The van der Waals surface area contributed by atoms with Crippen LogP contribution in [0.15, 0.2) is 22.7 Å². The summed E-state index contributed by atoms with van der Waals surface area (Å²) in [6.07, 6.45) is 3.95. The van der Waals surface area contributed by atoms with E-state index in [-0.39, 0.29) is 11.7 Å². The van der Waals surface area contributed by atoms with Crippen LogP contribution in [0.4, 0.5) is 8.78 Å². The Morgan fingerprint density at radius 2 is 2.25 bits per heavy atom. The van der Waals surface area contributed by atoms with Gasteiger partial charge in [-0.1, -0.05) is 0 Å². The summed E-state index contributed by atoms with van der Waals surface area (Å²) in [4.78, 5) is 8.05. The minimum absolute atomic E-state index is 0.134. The monoisotopic (exact) mass is 279 g/mol. The number of aromatic nitrogens is 2. The fraction of sp³-hybridized carbons (Fsp3) is 0.429. The van der Waals surface area contributed by atoms with Crippen LogP contribution in [0.5, 0.6) is 0 Å². The van der Waals surface area contributed by atoms with E-state index in [9.17, 15) is 8.78 Å². The molecule has 2 aromatic rings. The van der Waals surface area contributed by atoms with E-state index in [2.05, 4.69) is 9.97 Å². The zero-order chi connectivity index (χ0) is 14.3. The van der Waals surface area contributed by atoms with Gasteiger partial charge in [0.1, 0.15) is 11.5 Å². The molecule has 1 aliphatic rings. The molecule has 0 saturated carbocycles. The lowest BCUT2D eigenvalue weighted by atomic mass is 9.98. The zero-order valence-corrected chi connectivity index (χ0v) is 11.1. The van der Waals surface area contributed by atoms with E-state index < -0.39 is 5.92 Å². The molecule has 0 spiro atoms. The van der Waals surface area contributed by atoms with Gasteiger partial charge in [0.25, 0.3) is 5.92 Å². The number of halogens is 2. The summed E-state index contributed by atoms with van der Waals surface area (Å²) in [6, 6.07) is 2.78. The number of nitrogens with two attached hydrogens (primary N) is 1. The van der Waals surface area contributed by atoms with Crippen molar-refractivity contribution < 1.29 is 13.2 Å². The molecule has 1 atom stereocenters. The normalized spacial score (nSPS) is 18.9. The van der Waals surface area contributed by atoms with Crippen LogP contribution in [0.25, 0.3) is 11.5 Å². The Morgan fingerprint density at radius 3 is 2.95 bits per heavy atom. The van der Waals surface area contributed by atoms with Crippen molar-refractivity contribution in [2.24, 2.45) is 5.73 Å². The number of nitrogens with zero attached hydrogens (tertiary/aromatic N) is 2. The summed E-state index contributed by atoms with van der Waals surface area (Å²) in [5.74, 6) is -1.89. The summed E-state index contributed by atoms with van der Waals surface area (Å²) < 4.78 is 32.3. The molecular weight excluding hydrogens is 264 g/mol. The average Bonchev–Trinajstić information content (AvgIpc) is 2.83. The molecule has 0 aliphatic heterocycles. The summed E-state index contributed by atoms with van der Waals surface area (Å²) in [5, 5.41) is 0. The van der Waals surface area contributed by atoms with Gasteiger partial charge in [0.15, 0.2) is 0 Å². The third kappa shape index (κ3) is 2.31. The lowest BCUT2D eigenvalue weighted by molar-refractivity contribution is 0.0128. The Morgan fingerprint density at radius 1 is 1.45 bits per heavy atom. The molecule has 0 aromatic carbocycles. The standard InChI is InChI=1S/C14H15F2N3O/c1-14(15,16)11-7-8(5-6-18-11)13-19-12-9(17)3-2-4-10(12)20-13/h5-7,9H,2-4,17H2,1H3. The highest BCUT2D eigenvalue weighted by Crippen LogP contribution is 2.33. The first-order valence-electron chi connectivity index (χ1n) is 6.55. The molecule has 2 N–H and O–H groups in total. The second-order valence-electron chi connectivity index (χ2n) is 5.14. The second kappa shape index (κ2) is 4.63. The molecule has 0 amide bonds. The number of hydrogen-bond acceptors (Lipinski definition) is 4. The topological polar surface area (TPSA) is 64.9 Å². The van der Waals surface area contributed by atoms with E-state index in [0.29, 0.717) is 11.5 Å². The molecule has 1 aliphatic carbocycles. The highest BCUT2D eigenvalue weighted by molar-refractivity contribution is 5.54. The fourth-order valence-electron chi connectivity index (χ4n) is 2.38. The van der Waals surface area contributed by atoms with Crippen molar-refractivity contribution in [3.8, 4) is 11.5 Å². The van der Waals surface area contributed by atoms with Gasteiger partial charge in [-0.2, -0.15) is 8.78 Å². The number of pyridine rings is 1. The van der Waals surface area contributed by atoms with Crippen LogP contribution in [0.2, 0.25) is 0 Å². The molecule has 6 heteroatoms. The van der Waals surface area contributed by atoms with Crippen LogP contribution in [0, 0.1) is 0 Å². The van der Waals surface area contributed by atoms with Crippen molar-refractivity contribution in [2.75, 3.05) is 0 Å². The summed E-state index contributed by atoms with van der Waals surface area (Å²) >= 11 is 0. The van der Waals surface area contributed by atoms with Crippen molar-refractivity contribution in [1.82, 2.24) is 9.97 Å². The molecule has 106 valence electrons. The van der Waals surface area contributed by atoms with Crippen LogP contribution < -0.4 is 5.73 Å². The van der Waals surface area contributed by atoms with Gasteiger partial charge in [-0.05, 0) is 25.0 Å². The minimum atomic E-state index is -2.99.